The van der Waals surface area contributed by atoms with Crippen molar-refractivity contribution >= 4 is 99.8 Å². The van der Waals surface area contributed by atoms with Gasteiger partial charge in [-0.05, 0) is 197 Å². The fraction of sp³-hybridized carbons (Fsp3) is 0.475. The molecule has 106 heavy (non-hydrogen) atoms. The standard InChI is InChI=1S/C80H96N14O10S2/c95-75(19-1-3-37-89-53-61(81-83-89)13-9-21-79(99)103-57-93-71-51-65(29-23-59(71)25-31-77(93)97)101-47-7-5-35-85-39-43-87(44-40-85)69-15-11-17-73-67(69)33-49-105-73)91-55-64-28-27-63(91)56-92(64)76(96)20-2-4-38-90-54-62(82-84-90)14-10-22-80(100)104-58-94-72-52-66(30-24-60(72)26-32-78(94)98)102-48-8-6-36-86-41-45-88(46-42-86)70-16-12-18-74-68(70)34-50-106-74/h11-12,15-18,23-26,29-34,49-54,63-64H,1-10,13-14,19-22,27-28,35-48,55-58H2. The zero-order chi connectivity index (χ0) is 72.6. The summed E-state index contributed by atoms with van der Waals surface area (Å²) in [5.41, 5.74) is 4.95. The molecule has 24 nitrogen and oxygen atoms in total. The van der Waals surface area contributed by atoms with Gasteiger partial charge in [0, 0.05) is 185 Å². The van der Waals surface area contributed by atoms with Crippen LogP contribution >= 0.6 is 22.7 Å². The molecule has 2 bridgehead atoms. The average molecular weight is 1480 g/mol. The number of piperazine rings is 3. The lowest BCUT2D eigenvalue weighted by Gasteiger charge is -2.51. The van der Waals surface area contributed by atoms with Crippen molar-refractivity contribution in [3.63, 3.8) is 0 Å². The molecule has 0 saturated carbocycles. The molecule has 2 amide bonds. The molecule has 5 aliphatic rings. The molecule has 4 aromatic carbocycles. The van der Waals surface area contributed by atoms with Gasteiger partial charge >= 0.3 is 11.9 Å². The van der Waals surface area contributed by atoms with Crippen LogP contribution in [0.25, 0.3) is 42.0 Å². The van der Waals surface area contributed by atoms with Crippen LogP contribution in [-0.4, -0.2) is 186 Å². The molecule has 26 heteroatoms. The van der Waals surface area contributed by atoms with Gasteiger partial charge in [-0.15, -0.1) is 32.9 Å². The van der Waals surface area contributed by atoms with Crippen molar-refractivity contribution in [2.45, 2.75) is 154 Å². The molecule has 0 radical (unpaired) electrons. The van der Waals surface area contributed by atoms with Crippen LogP contribution in [0, 0.1) is 0 Å². The number of benzene rings is 4. The van der Waals surface area contributed by atoms with E-state index in [4.69, 9.17) is 18.9 Å². The first-order valence-electron chi connectivity index (χ1n) is 38.1. The summed E-state index contributed by atoms with van der Waals surface area (Å²) in [5.74, 6) is 0.768. The Morgan fingerprint density at radius 2 is 0.887 bits per heavy atom. The number of carbonyl (C=O) groups excluding carboxylic acids is 4. The quantitative estimate of drug-likeness (QED) is 0.0262. The first-order valence-corrected chi connectivity index (χ1v) is 39.8. The minimum absolute atomic E-state index is 0.0237. The Labute approximate surface area is 624 Å². The van der Waals surface area contributed by atoms with E-state index in [1.165, 1.54) is 52.8 Å². The van der Waals surface area contributed by atoms with Gasteiger partial charge in [0.2, 0.25) is 11.8 Å². The molecule has 6 aromatic heterocycles. The number of hydrogen-bond acceptors (Lipinski definition) is 20. The molecular formula is C80H96N14O10S2. The van der Waals surface area contributed by atoms with Crippen LogP contribution in [0.5, 0.6) is 11.5 Å². The third-order valence-electron chi connectivity index (χ3n) is 21.3. The Morgan fingerprint density at radius 3 is 1.33 bits per heavy atom. The molecule has 15 rings (SSSR count). The van der Waals surface area contributed by atoms with Crippen LogP contribution in [0.4, 0.5) is 11.4 Å². The minimum atomic E-state index is -0.408. The molecule has 0 aliphatic carbocycles. The van der Waals surface area contributed by atoms with Gasteiger partial charge in [-0.2, -0.15) is 0 Å². The summed E-state index contributed by atoms with van der Waals surface area (Å²) in [6.45, 7) is 13.3. The fourth-order valence-electron chi connectivity index (χ4n) is 15.4. The van der Waals surface area contributed by atoms with Gasteiger partial charge in [0.05, 0.1) is 35.6 Å². The number of aryl methyl sites for hydroxylation is 4. The number of fused-ring (bicyclic) bond motifs is 7. The maximum Gasteiger partial charge on any atom is 0.307 e. The van der Waals surface area contributed by atoms with Crippen molar-refractivity contribution in [1.29, 1.82) is 0 Å². The normalized spacial score (nSPS) is 16.5. The van der Waals surface area contributed by atoms with Crippen LogP contribution in [0.3, 0.4) is 0 Å². The number of carbonyl (C=O) groups is 4. The van der Waals surface area contributed by atoms with E-state index in [9.17, 15) is 28.8 Å². The van der Waals surface area contributed by atoms with Crippen molar-refractivity contribution in [3.8, 4) is 11.5 Å². The predicted octanol–water partition coefficient (Wildman–Crippen LogP) is 11.2. The number of amides is 2. The smallest absolute Gasteiger partial charge is 0.307 e. The van der Waals surface area contributed by atoms with Crippen molar-refractivity contribution in [3.05, 3.63) is 164 Å². The molecule has 11 heterocycles. The molecule has 5 aliphatic heterocycles. The van der Waals surface area contributed by atoms with Crippen molar-refractivity contribution in [2.24, 2.45) is 0 Å². The first-order chi connectivity index (χ1) is 52.0. The average Bonchev–Trinajstić information content (AvgIpc) is 1.19. The summed E-state index contributed by atoms with van der Waals surface area (Å²) < 4.78 is 32.7. The van der Waals surface area contributed by atoms with Gasteiger partial charge < -0.3 is 38.5 Å². The van der Waals surface area contributed by atoms with Crippen molar-refractivity contribution < 1.29 is 38.1 Å². The molecule has 2 atom stereocenters. The minimum Gasteiger partial charge on any atom is -0.494 e. The van der Waals surface area contributed by atoms with Crippen LogP contribution < -0.4 is 30.4 Å². The number of pyridine rings is 2. The maximum atomic E-state index is 13.6. The number of nitrogens with zero attached hydrogens (tertiary/aromatic N) is 14. The van der Waals surface area contributed by atoms with E-state index >= 15 is 0 Å². The summed E-state index contributed by atoms with van der Waals surface area (Å²) >= 11 is 3.58. The van der Waals surface area contributed by atoms with Gasteiger partial charge in [0.25, 0.3) is 11.1 Å². The number of piperidine rings is 2. The Balaban J connectivity index is 0.426. The Morgan fingerprint density at radius 1 is 0.453 bits per heavy atom. The SMILES string of the molecule is O=C(CCCc1cn(CCCCC(=O)N2CC3CCC2CN3C(=O)CCCCn2cc(CCCC(=O)OCn3c(=O)ccc4ccc(OCCCCN5CCN(c6cccc7sccc67)CC5)cc43)nn2)nn1)OCn1c(=O)ccc2ccc(OCCCCN3CCN(c4cccc5sccc45)CC3)cc21. The summed E-state index contributed by atoms with van der Waals surface area (Å²) in [5, 5.41) is 25.9. The second-order valence-corrected chi connectivity index (χ2v) is 30.4. The number of ether oxygens (including phenoxy) is 4. The van der Waals surface area contributed by atoms with Gasteiger partial charge in [-0.25, -0.2) is 0 Å². The van der Waals surface area contributed by atoms with E-state index in [1.807, 2.05) is 58.6 Å². The third kappa shape index (κ3) is 18.8. The number of aromatic nitrogens is 8. The largest absolute Gasteiger partial charge is 0.494 e. The molecule has 5 fully saturated rings. The Bertz CT molecular complexity index is 4460. The monoisotopic (exact) mass is 1480 g/mol. The topological polar surface area (TPSA) is 230 Å². The molecule has 558 valence electrons. The van der Waals surface area contributed by atoms with E-state index in [2.05, 4.69) is 99.5 Å². The number of hydrogen-bond donors (Lipinski definition) is 0. The number of rotatable bonds is 36. The first kappa shape index (κ1) is 73.4. The molecule has 10 aromatic rings. The lowest BCUT2D eigenvalue weighted by molar-refractivity contribution is -0.152. The number of esters is 2. The highest BCUT2D eigenvalue weighted by Crippen LogP contribution is 2.35. The predicted molar refractivity (Wildman–Crippen MR) is 413 cm³/mol. The molecule has 5 saturated heterocycles. The fourth-order valence-corrected chi connectivity index (χ4v) is 17.0. The number of thiophene rings is 2. The van der Waals surface area contributed by atoms with Crippen LogP contribution in [-0.2, 0) is 68.0 Å². The number of unbranched alkanes of at least 4 members (excludes halogenated alkanes) is 4. The molecule has 0 spiro atoms. The third-order valence-corrected chi connectivity index (χ3v) is 23.1. The van der Waals surface area contributed by atoms with Gasteiger partial charge in [-0.1, -0.05) is 22.6 Å². The van der Waals surface area contributed by atoms with E-state index in [1.54, 1.807) is 44.2 Å². The van der Waals surface area contributed by atoms with Crippen LogP contribution in [0.2, 0.25) is 0 Å². The van der Waals surface area contributed by atoms with Gasteiger partial charge in [-0.3, -0.25) is 57.1 Å². The zero-order valence-corrected chi connectivity index (χ0v) is 62.1. The van der Waals surface area contributed by atoms with Gasteiger partial charge in [0.1, 0.15) is 11.5 Å². The lowest BCUT2D eigenvalue weighted by atomic mass is 9.90. The second-order valence-electron chi connectivity index (χ2n) is 28.5. The lowest BCUT2D eigenvalue weighted by Crippen LogP contribution is -2.65. The van der Waals surface area contributed by atoms with E-state index in [0.29, 0.717) is 113 Å². The second kappa shape index (κ2) is 35.7. The maximum absolute atomic E-state index is 13.6. The highest BCUT2D eigenvalue weighted by Gasteiger charge is 2.42. The van der Waals surface area contributed by atoms with Crippen molar-refractivity contribution in [1.82, 2.24) is 58.7 Å². The Hall–Kier alpha value is -9.50. The van der Waals surface area contributed by atoms with E-state index in [-0.39, 0.29) is 61.3 Å². The Kier molecular flexibility index (Phi) is 24.7. The van der Waals surface area contributed by atoms with E-state index in [0.717, 1.165) is 139 Å². The summed E-state index contributed by atoms with van der Waals surface area (Å²) in [6, 6.07) is 35.6. The van der Waals surface area contributed by atoms with E-state index < -0.39 is 11.9 Å². The molecule has 2 unspecified atom stereocenters. The summed E-state index contributed by atoms with van der Waals surface area (Å²) in [7, 11) is 0. The highest BCUT2D eigenvalue weighted by atomic mass is 32.1. The number of anilines is 2. The summed E-state index contributed by atoms with van der Waals surface area (Å²) in [4.78, 5) is 93.2. The highest BCUT2D eigenvalue weighted by molar-refractivity contribution is 7.17. The molecular weight excluding hydrogens is 1380 g/mol. The van der Waals surface area contributed by atoms with Crippen molar-refractivity contribution in [2.75, 3.05) is 102 Å². The molecule has 0 N–H and O–H groups in total. The summed E-state index contributed by atoms with van der Waals surface area (Å²) in [6.07, 6.45) is 15.6. The zero-order valence-electron chi connectivity index (χ0n) is 60.5. The van der Waals surface area contributed by atoms with Gasteiger partial charge in [0.15, 0.2) is 13.5 Å². The van der Waals surface area contributed by atoms with Crippen LogP contribution in [0.1, 0.15) is 114 Å². The van der Waals surface area contributed by atoms with Crippen LogP contribution in [0.15, 0.2) is 142 Å².